The minimum absolute atomic E-state index is 0.0513. The lowest BCUT2D eigenvalue weighted by molar-refractivity contribution is -0.136. The average Bonchev–Trinajstić information content (AvgIpc) is 3.09. The van der Waals surface area contributed by atoms with Crippen LogP contribution in [0.1, 0.15) is 5.82 Å². The number of aromatic nitrogens is 2. The first-order valence-electron chi connectivity index (χ1n) is 7.07. The van der Waals surface area contributed by atoms with Gasteiger partial charge in [-0.15, -0.1) is 0 Å². The molecule has 3 heterocycles. The maximum Gasteiger partial charge on any atom is 0.262 e. The predicted octanol–water partition coefficient (Wildman–Crippen LogP) is -0.795. The SMILES string of the molecule is CO[C@@H]1C(=O)N(C)[C@@H]2CN(S(=O)(=O)c3cn(C)c(C)n3)C[C@H]12. The molecule has 0 unspecified atom stereocenters. The van der Waals surface area contributed by atoms with Crippen molar-refractivity contribution in [1.82, 2.24) is 18.8 Å². The van der Waals surface area contributed by atoms with Gasteiger partial charge >= 0.3 is 0 Å². The van der Waals surface area contributed by atoms with Crippen molar-refractivity contribution < 1.29 is 17.9 Å². The second kappa shape index (κ2) is 5.04. The van der Waals surface area contributed by atoms with Crippen LogP contribution in [0, 0.1) is 12.8 Å². The maximum absolute atomic E-state index is 12.7. The van der Waals surface area contributed by atoms with E-state index in [1.54, 1.807) is 30.5 Å². The Hall–Kier alpha value is -1.45. The summed E-state index contributed by atoms with van der Waals surface area (Å²) in [5.74, 6) is 0.422. The Kier molecular flexibility index (Phi) is 3.54. The Balaban J connectivity index is 1.88. The van der Waals surface area contributed by atoms with Gasteiger partial charge in [0.15, 0.2) is 5.03 Å². The molecule has 1 amide bonds. The molecule has 9 heteroatoms. The van der Waals surface area contributed by atoms with Crippen molar-refractivity contribution in [3.05, 3.63) is 12.0 Å². The second-order valence-corrected chi connectivity index (χ2v) is 7.78. The third-order valence-electron chi connectivity index (χ3n) is 4.72. The van der Waals surface area contributed by atoms with Crippen LogP contribution in [0.5, 0.6) is 0 Å². The van der Waals surface area contributed by atoms with Crippen LogP contribution in [-0.4, -0.2) is 72.5 Å². The first-order chi connectivity index (χ1) is 10.3. The topological polar surface area (TPSA) is 84.7 Å². The van der Waals surface area contributed by atoms with Crippen molar-refractivity contribution in [3.63, 3.8) is 0 Å². The average molecular weight is 328 g/mol. The van der Waals surface area contributed by atoms with Gasteiger partial charge in [-0.1, -0.05) is 0 Å². The van der Waals surface area contributed by atoms with Crippen molar-refractivity contribution in [2.75, 3.05) is 27.2 Å². The molecule has 1 aromatic heterocycles. The van der Waals surface area contributed by atoms with Crippen LogP contribution in [0.4, 0.5) is 0 Å². The van der Waals surface area contributed by atoms with Gasteiger partial charge in [0.2, 0.25) is 0 Å². The molecule has 0 spiro atoms. The van der Waals surface area contributed by atoms with Crippen molar-refractivity contribution >= 4 is 15.9 Å². The molecule has 2 fully saturated rings. The lowest BCUT2D eigenvalue weighted by Gasteiger charge is -2.20. The molecule has 0 saturated carbocycles. The number of ether oxygens (including phenoxy) is 1. The molecule has 22 heavy (non-hydrogen) atoms. The minimum Gasteiger partial charge on any atom is -0.371 e. The molecule has 8 nitrogen and oxygen atoms in total. The first-order valence-corrected chi connectivity index (χ1v) is 8.51. The van der Waals surface area contributed by atoms with E-state index in [1.807, 2.05) is 0 Å². The third kappa shape index (κ3) is 2.07. The van der Waals surface area contributed by atoms with Gasteiger partial charge in [-0.2, -0.15) is 4.31 Å². The summed E-state index contributed by atoms with van der Waals surface area (Å²) in [4.78, 5) is 17.8. The summed E-state index contributed by atoms with van der Waals surface area (Å²) in [5.41, 5.74) is 0. The zero-order valence-electron chi connectivity index (χ0n) is 13.1. The van der Waals surface area contributed by atoms with E-state index < -0.39 is 16.1 Å². The number of nitrogens with zero attached hydrogens (tertiary/aromatic N) is 4. The summed E-state index contributed by atoms with van der Waals surface area (Å²) >= 11 is 0. The number of hydrogen-bond donors (Lipinski definition) is 0. The highest BCUT2D eigenvalue weighted by Crippen LogP contribution is 2.35. The number of carbonyl (C=O) groups is 1. The van der Waals surface area contributed by atoms with Gasteiger partial charge in [0.1, 0.15) is 11.9 Å². The van der Waals surface area contributed by atoms with Gasteiger partial charge in [0.25, 0.3) is 15.9 Å². The number of methoxy groups -OCH3 is 1. The van der Waals surface area contributed by atoms with Crippen molar-refractivity contribution in [2.45, 2.75) is 24.1 Å². The van der Waals surface area contributed by atoms with Crippen molar-refractivity contribution in [1.29, 1.82) is 0 Å². The molecular formula is C13H20N4O4S. The van der Waals surface area contributed by atoms with Crippen LogP contribution in [0.15, 0.2) is 11.2 Å². The van der Waals surface area contributed by atoms with E-state index in [4.69, 9.17) is 4.74 Å². The summed E-state index contributed by atoms with van der Waals surface area (Å²) in [6, 6.07) is -0.142. The fourth-order valence-corrected chi connectivity index (χ4v) is 4.81. The van der Waals surface area contributed by atoms with Gasteiger partial charge < -0.3 is 14.2 Å². The standard InChI is InChI=1S/C13H20N4O4S/c1-8-14-11(7-15(8)2)22(19,20)17-5-9-10(6-17)16(3)13(18)12(9)21-4/h7,9-10,12H,5-6H2,1-4H3/t9-,10+,12-/m0/s1. The molecule has 3 atom stereocenters. The minimum atomic E-state index is -3.65. The molecule has 0 aromatic carbocycles. The largest absolute Gasteiger partial charge is 0.371 e. The van der Waals surface area contributed by atoms with E-state index in [0.717, 1.165) is 0 Å². The van der Waals surface area contributed by atoms with Gasteiger partial charge in [0, 0.05) is 46.4 Å². The van der Waals surface area contributed by atoms with Crippen LogP contribution < -0.4 is 0 Å². The highest BCUT2D eigenvalue weighted by molar-refractivity contribution is 7.89. The van der Waals surface area contributed by atoms with Gasteiger partial charge in [-0.25, -0.2) is 13.4 Å². The summed E-state index contributed by atoms with van der Waals surface area (Å²) in [6.45, 7) is 2.31. The molecule has 0 bridgehead atoms. The Morgan fingerprint density at radius 1 is 1.32 bits per heavy atom. The molecule has 0 radical (unpaired) electrons. The van der Waals surface area contributed by atoms with Gasteiger partial charge in [-0.05, 0) is 6.92 Å². The van der Waals surface area contributed by atoms with E-state index in [2.05, 4.69) is 4.98 Å². The normalized spacial score (nSPS) is 29.4. The van der Waals surface area contributed by atoms with Gasteiger partial charge in [0.05, 0.1) is 6.04 Å². The zero-order chi connectivity index (χ0) is 16.2. The molecule has 2 aliphatic heterocycles. The van der Waals surface area contributed by atoms with E-state index in [9.17, 15) is 13.2 Å². The fourth-order valence-electron chi connectivity index (χ4n) is 3.28. The number of likely N-dealkylation sites (N-methyl/N-ethyl adjacent to an activating group) is 1. The number of rotatable bonds is 3. The number of likely N-dealkylation sites (tertiary alicyclic amines) is 1. The van der Waals surface area contributed by atoms with Gasteiger partial charge in [-0.3, -0.25) is 4.79 Å². The summed E-state index contributed by atoms with van der Waals surface area (Å²) in [6.07, 6.45) is 0.946. The van der Waals surface area contributed by atoms with Crippen LogP contribution in [0.3, 0.4) is 0 Å². The van der Waals surface area contributed by atoms with E-state index in [0.29, 0.717) is 5.82 Å². The Bertz CT molecular complexity index is 694. The number of imidazole rings is 1. The molecule has 122 valence electrons. The highest BCUT2D eigenvalue weighted by Gasteiger charge is 2.54. The van der Waals surface area contributed by atoms with Crippen LogP contribution in [0.25, 0.3) is 0 Å². The number of amides is 1. The lowest BCUT2D eigenvalue weighted by Crippen LogP contribution is -2.39. The van der Waals surface area contributed by atoms with E-state index >= 15 is 0 Å². The number of hydrogen-bond acceptors (Lipinski definition) is 5. The molecule has 2 aliphatic rings. The van der Waals surface area contributed by atoms with Crippen LogP contribution in [0.2, 0.25) is 0 Å². The highest BCUT2D eigenvalue weighted by atomic mass is 32.2. The molecular weight excluding hydrogens is 308 g/mol. The van der Waals surface area contributed by atoms with E-state index in [-0.39, 0.29) is 36.0 Å². The Morgan fingerprint density at radius 2 is 2.00 bits per heavy atom. The maximum atomic E-state index is 12.7. The molecule has 0 aliphatic carbocycles. The van der Waals surface area contributed by atoms with Crippen molar-refractivity contribution in [2.24, 2.45) is 13.0 Å². The molecule has 3 rings (SSSR count). The second-order valence-electron chi connectivity index (χ2n) is 5.90. The predicted molar refractivity (Wildman–Crippen MR) is 77.5 cm³/mol. The lowest BCUT2D eigenvalue weighted by atomic mass is 10.0. The monoisotopic (exact) mass is 328 g/mol. The van der Waals surface area contributed by atoms with Crippen LogP contribution in [-0.2, 0) is 26.6 Å². The summed E-state index contributed by atoms with van der Waals surface area (Å²) < 4.78 is 33.8. The molecule has 2 saturated heterocycles. The Morgan fingerprint density at radius 3 is 2.55 bits per heavy atom. The first kappa shape index (κ1) is 15.4. The zero-order valence-corrected chi connectivity index (χ0v) is 13.9. The fraction of sp³-hybridized carbons (Fsp3) is 0.692. The Labute approximate surface area is 129 Å². The summed E-state index contributed by atoms with van der Waals surface area (Å²) in [5, 5.41) is 0.0513. The number of sulfonamides is 1. The third-order valence-corrected chi connectivity index (χ3v) is 6.42. The number of aryl methyl sites for hydroxylation is 2. The number of fused-ring (bicyclic) bond motifs is 1. The number of carbonyl (C=O) groups excluding carboxylic acids is 1. The smallest absolute Gasteiger partial charge is 0.262 e. The molecule has 0 N–H and O–H groups in total. The van der Waals surface area contributed by atoms with Crippen molar-refractivity contribution in [3.8, 4) is 0 Å². The quantitative estimate of drug-likeness (QED) is 0.726. The summed E-state index contributed by atoms with van der Waals surface area (Å²) in [7, 11) is 1.29. The molecule has 1 aromatic rings. The van der Waals surface area contributed by atoms with Crippen LogP contribution >= 0.6 is 0 Å². The van der Waals surface area contributed by atoms with E-state index in [1.165, 1.54) is 17.6 Å².